The van der Waals surface area contributed by atoms with Gasteiger partial charge in [-0.1, -0.05) is 35.6 Å². The van der Waals surface area contributed by atoms with Gasteiger partial charge in [0.1, 0.15) is 25.0 Å². The van der Waals surface area contributed by atoms with Crippen molar-refractivity contribution in [3.63, 3.8) is 0 Å². The van der Waals surface area contributed by atoms with Gasteiger partial charge in [0.15, 0.2) is 16.3 Å². The van der Waals surface area contributed by atoms with Crippen LogP contribution in [0.3, 0.4) is 0 Å². The van der Waals surface area contributed by atoms with Gasteiger partial charge in [-0.15, -0.1) is 0 Å². The number of methoxy groups -OCH3 is 1. The van der Waals surface area contributed by atoms with Crippen LogP contribution in [0.4, 0.5) is 0 Å². The summed E-state index contributed by atoms with van der Waals surface area (Å²) in [6.07, 6.45) is 1.80. The number of aromatic nitrogens is 1. The van der Waals surface area contributed by atoms with Crippen molar-refractivity contribution in [2.45, 2.75) is 19.9 Å². The zero-order valence-corrected chi connectivity index (χ0v) is 20.4. The van der Waals surface area contributed by atoms with Crippen molar-refractivity contribution >= 4 is 23.4 Å². The highest BCUT2D eigenvalue weighted by Gasteiger charge is 2.34. The van der Waals surface area contributed by atoms with Gasteiger partial charge in [0.2, 0.25) is 0 Å². The average Bonchev–Trinajstić information content (AvgIpc) is 3.17. The van der Waals surface area contributed by atoms with Crippen LogP contribution in [0.2, 0.25) is 0 Å². The minimum Gasteiger partial charge on any atom is -0.496 e. The topological polar surface area (TPSA) is 88.4 Å². The number of carbonyl (C=O) groups excluding carboxylic acids is 1. The molecule has 0 bridgehead atoms. The first-order chi connectivity index (χ1) is 17.0. The molecule has 3 heterocycles. The van der Waals surface area contributed by atoms with E-state index in [0.29, 0.717) is 56.6 Å². The van der Waals surface area contributed by atoms with Crippen molar-refractivity contribution in [2.24, 2.45) is 4.99 Å². The van der Waals surface area contributed by atoms with Gasteiger partial charge in [-0.2, -0.15) is 0 Å². The Morgan fingerprint density at radius 3 is 2.74 bits per heavy atom. The van der Waals surface area contributed by atoms with Crippen LogP contribution in [0.5, 0.6) is 17.2 Å². The van der Waals surface area contributed by atoms with E-state index in [0.717, 1.165) is 5.56 Å². The van der Waals surface area contributed by atoms with Gasteiger partial charge in [0.05, 0.1) is 29.5 Å². The van der Waals surface area contributed by atoms with Crippen LogP contribution >= 0.6 is 11.3 Å². The Kier molecular flexibility index (Phi) is 6.17. The molecule has 1 atom stereocenters. The molecule has 0 spiro atoms. The molecule has 1 aromatic heterocycles. The van der Waals surface area contributed by atoms with E-state index in [4.69, 9.17) is 18.9 Å². The molecule has 180 valence electrons. The van der Waals surface area contributed by atoms with Gasteiger partial charge in [-0.05, 0) is 43.7 Å². The molecule has 2 aliphatic heterocycles. The zero-order chi connectivity index (χ0) is 24.5. The lowest BCUT2D eigenvalue weighted by molar-refractivity contribution is -0.139. The van der Waals surface area contributed by atoms with Gasteiger partial charge in [0.25, 0.3) is 5.56 Å². The van der Waals surface area contributed by atoms with Crippen molar-refractivity contribution in [2.75, 3.05) is 26.9 Å². The molecule has 0 fully saturated rings. The highest BCUT2D eigenvalue weighted by Crippen LogP contribution is 2.35. The number of fused-ring (bicyclic) bond motifs is 2. The number of allylic oxidation sites excluding steroid dienone is 1. The minimum absolute atomic E-state index is 0.211. The summed E-state index contributed by atoms with van der Waals surface area (Å²) < 4.78 is 24.2. The van der Waals surface area contributed by atoms with Crippen LogP contribution in [0, 0.1) is 0 Å². The second kappa shape index (κ2) is 9.42. The van der Waals surface area contributed by atoms with Crippen LogP contribution in [0.15, 0.2) is 63.5 Å². The summed E-state index contributed by atoms with van der Waals surface area (Å²) in [6, 6.07) is 12.2. The summed E-state index contributed by atoms with van der Waals surface area (Å²) in [4.78, 5) is 31.9. The highest BCUT2D eigenvalue weighted by atomic mass is 32.1. The standard InChI is InChI=1S/C26H24N2O6S/c1-4-32-25(30)22-15(2)27-26-28(23(22)17-7-5-6-8-18(17)31-3)24(29)21(35-26)14-16-9-10-19-20(13-16)34-12-11-33-19/h5-10,13-14,23H,4,11-12H2,1-3H3. The molecule has 0 saturated heterocycles. The second-order valence-corrected chi connectivity index (χ2v) is 8.96. The molecular formula is C26H24N2O6S. The number of hydrogen-bond donors (Lipinski definition) is 0. The number of para-hydroxylation sites is 1. The first-order valence-corrected chi connectivity index (χ1v) is 12.1. The monoisotopic (exact) mass is 492 g/mol. The van der Waals surface area contributed by atoms with Crippen LogP contribution < -0.4 is 29.1 Å². The normalized spacial score (nSPS) is 17.0. The van der Waals surface area contributed by atoms with Crippen LogP contribution in [-0.4, -0.2) is 37.5 Å². The first-order valence-electron chi connectivity index (χ1n) is 11.2. The number of nitrogens with zero attached hydrogens (tertiary/aromatic N) is 2. The van der Waals surface area contributed by atoms with E-state index in [-0.39, 0.29) is 12.2 Å². The lowest BCUT2D eigenvalue weighted by atomic mass is 9.95. The number of esters is 1. The molecule has 0 aliphatic carbocycles. The third kappa shape index (κ3) is 4.12. The number of thiazole rings is 1. The summed E-state index contributed by atoms with van der Waals surface area (Å²) >= 11 is 1.27. The SMILES string of the molecule is CCOC(=O)C1=C(C)N=c2sc(=Cc3ccc4c(c3)OCCO4)c(=O)n2C1c1ccccc1OC. The summed E-state index contributed by atoms with van der Waals surface area (Å²) in [5, 5.41) is 0. The molecule has 35 heavy (non-hydrogen) atoms. The molecular weight excluding hydrogens is 468 g/mol. The maximum Gasteiger partial charge on any atom is 0.338 e. The summed E-state index contributed by atoms with van der Waals surface area (Å²) in [6.45, 7) is 4.70. The Balaban J connectivity index is 1.70. The second-order valence-electron chi connectivity index (χ2n) is 7.95. The minimum atomic E-state index is -0.733. The number of rotatable bonds is 5. The number of ether oxygens (including phenoxy) is 4. The molecule has 1 unspecified atom stereocenters. The Bertz CT molecular complexity index is 1520. The van der Waals surface area contributed by atoms with E-state index in [2.05, 4.69) is 4.99 Å². The van der Waals surface area contributed by atoms with E-state index >= 15 is 0 Å². The van der Waals surface area contributed by atoms with Gasteiger partial charge in [0, 0.05) is 5.56 Å². The maximum atomic E-state index is 13.7. The van der Waals surface area contributed by atoms with Gasteiger partial charge in [-0.25, -0.2) is 9.79 Å². The van der Waals surface area contributed by atoms with Crippen molar-refractivity contribution in [3.8, 4) is 17.2 Å². The highest BCUT2D eigenvalue weighted by molar-refractivity contribution is 7.07. The Hall–Kier alpha value is -3.85. The first kappa shape index (κ1) is 22.9. The molecule has 0 amide bonds. The van der Waals surface area contributed by atoms with Crippen LogP contribution in [0.25, 0.3) is 6.08 Å². The molecule has 2 aromatic carbocycles. The predicted molar refractivity (Wildman–Crippen MR) is 131 cm³/mol. The third-order valence-corrected chi connectivity index (χ3v) is 6.80. The Labute approximate surface area is 205 Å². The van der Waals surface area contributed by atoms with Crippen molar-refractivity contribution < 1.29 is 23.7 Å². The quantitative estimate of drug-likeness (QED) is 0.509. The molecule has 5 rings (SSSR count). The van der Waals surface area contributed by atoms with E-state index in [1.54, 1.807) is 37.7 Å². The maximum absolute atomic E-state index is 13.7. The lowest BCUT2D eigenvalue weighted by Crippen LogP contribution is -2.40. The number of carbonyl (C=O) groups is 1. The Morgan fingerprint density at radius 2 is 1.97 bits per heavy atom. The molecule has 0 saturated carbocycles. The van der Waals surface area contributed by atoms with E-state index < -0.39 is 12.0 Å². The number of benzene rings is 2. The van der Waals surface area contributed by atoms with E-state index in [9.17, 15) is 9.59 Å². The summed E-state index contributed by atoms with van der Waals surface area (Å²) in [7, 11) is 1.56. The van der Waals surface area contributed by atoms with Crippen molar-refractivity contribution in [1.29, 1.82) is 0 Å². The number of hydrogen-bond acceptors (Lipinski definition) is 8. The van der Waals surface area contributed by atoms with E-state index in [1.807, 2.05) is 36.4 Å². The van der Waals surface area contributed by atoms with E-state index in [1.165, 1.54) is 11.3 Å². The molecule has 8 nitrogen and oxygen atoms in total. The molecule has 0 N–H and O–H groups in total. The zero-order valence-electron chi connectivity index (χ0n) is 19.6. The van der Waals surface area contributed by atoms with Crippen LogP contribution in [-0.2, 0) is 9.53 Å². The van der Waals surface area contributed by atoms with Crippen molar-refractivity contribution in [1.82, 2.24) is 4.57 Å². The summed E-state index contributed by atoms with van der Waals surface area (Å²) in [5.41, 5.74) is 2.05. The van der Waals surface area contributed by atoms with Gasteiger partial charge >= 0.3 is 5.97 Å². The summed E-state index contributed by atoms with van der Waals surface area (Å²) in [5.74, 6) is 1.38. The van der Waals surface area contributed by atoms with Gasteiger partial charge in [-0.3, -0.25) is 9.36 Å². The van der Waals surface area contributed by atoms with Gasteiger partial charge < -0.3 is 18.9 Å². The molecule has 0 radical (unpaired) electrons. The fraction of sp³-hybridized carbons (Fsp3) is 0.269. The average molecular weight is 493 g/mol. The molecule has 2 aliphatic rings. The smallest absolute Gasteiger partial charge is 0.338 e. The van der Waals surface area contributed by atoms with Crippen LogP contribution in [0.1, 0.15) is 31.0 Å². The largest absolute Gasteiger partial charge is 0.496 e. The lowest BCUT2D eigenvalue weighted by Gasteiger charge is -2.25. The Morgan fingerprint density at radius 1 is 1.20 bits per heavy atom. The van der Waals surface area contributed by atoms with Crippen molar-refractivity contribution in [3.05, 3.63) is 84.5 Å². The predicted octanol–water partition coefficient (Wildman–Crippen LogP) is 2.58. The fourth-order valence-corrected chi connectivity index (χ4v) is 5.33. The molecule has 3 aromatic rings. The fourth-order valence-electron chi connectivity index (χ4n) is 4.28. The molecule has 9 heteroatoms. The third-order valence-electron chi connectivity index (χ3n) is 5.81.